The summed E-state index contributed by atoms with van der Waals surface area (Å²) in [7, 11) is 1.30. The quantitative estimate of drug-likeness (QED) is 0.657. The van der Waals surface area contributed by atoms with E-state index in [1.807, 2.05) is 6.07 Å². The Hall–Kier alpha value is -3.68. The van der Waals surface area contributed by atoms with Crippen molar-refractivity contribution in [1.82, 2.24) is 9.97 Å². The molecule has 0 bridgehead atoms. The van der Waals surface area contributed by atoms with Crippen LogP contribution in [0.1, 0.15) is 26.6 Å². The standard InChI is InChI=1S/C18H16N4O4/c1-25-17(24)12-4-2-5-13(10-12)21-16(23)15-7-8-19-18(22-15)20-11-14-6-3-9-26-14/h2-10H,11H2,1H3,(H,21,23)(H,19,20,22). The molecule has 26 heavy (non-hydrogen) atoms. The predicted molar refractivity (Wildman–Crippen MR) is 93.8 cm³/mol. The zero-order valence-electron chi connectivity index (χ0n) is 13.9. The van der Waals surface area contributed by atoms with E-state index in [1.165, 1.54) is 25.4 Å². The number of methoxy groups -OCH3 is 1. The molecule has 0 aliphatic heterocycles. The van der Waals surface area contributed by atoms with Crippen molar-refractivity contribution in [2.24, 2.45) is 0 Å². The van der Waals surface area contributed by atoms with Crippen LogP contribution in [0, 0.1) is 0 Å². The second kappa shape index (κ2) is 7.93. The van der Waals surface area contributed by atoms with Gasteiger partial charge >= 0.3 is 5.97 Å². The molecule has 0 spiro atoms. The highest BCUT2D eigenvalue weighted by molar-refractivity contribution is 6.03. The summed E-state index contributed by atoms with van der Waals surface area (Å²) in [5.74, 6) is 0.128. The number of nitrogens with one attached hydrogen (secondary N) is 2. The highest BCUT2D eigenvalue weighted by atomic mass is 16.5. The molecule has 3 aromatic rings. The summed E-state index contributed by atoms with van der Waals surface area (Å²) in [6.45, 7) is 0.402. The minimum Gasteiger partial charge on any atom is -0.467 e. The zero-order chi connectivity index (χ0) is 18.4. The van der Waals surface area contributed by atoms with Crippen LogP contribution in [-0.4, -0.2) is 29.0 Å². The van der Waals surface area contributed by atoms with Crippen LogP contribution >= 0.6 is 0 Å². The number of ether oxygens (including phenoxy) is 1. The van der Waals surface area contributed by atoms with Crippen molar-refractivity contribution >= 4 is 23.5 Å². The van der Waals surface area contributed by atoms with E-state index >= 15 is 0 Å². The van der Waals surface area contributed by atoms with Crippen molar-refractivity contribution in [2.45, 2.75) is 6.54 Å². The van der Waals surface area contributed by atoms with Crippen molar-refractivity contribution < 1.29 is 18.7 Å². The number of furan rings is 1. The van der Waals surface area contributed by atoms with E-state index in [9.17, 15) is 9.59 Å². The summed E-state index contributed by atoms with van der Waals surface area (Å²) in [5.41, 5.74) is 0.987. The van der Waals surface area contributed by atoms with E-state index in [0.717, 1.165) is 5.76 Å². The van der Waals surface area contributed by atoms with Gasteiger partial charge in [-0.25, -0.2) is 14.8 Å². The SMILES string of the molecule is COC(=O)c1cccc(NC(=O)c2ccnc(NCc3ccco3)n2)c1. The van der Waals surface area contributed by atoms with Crippen LogP contribution in [0.15, 0.2) is 59.3 Å². The zero-order valence-corrected chi connectivity index (χ0v) is 13.9. The Bertz CT molecular complexity index is 909. The third kappa shape index (κ3) is 4.23. The molecule has 3 rings (SSSR count). The van der Waals surface area contributed by atoms with E-state index < -0.39 is 11.9 Å². The molecule has 132 valence electrons. The number of rotatable bonds is 6. The van der Waals surface area contributed by atoms with Gasteiger partial charge in [0.1, 0.15) is 11.5 Å². The second-order valence-electron chi connectivity index (χ2n) is 5.22. The first kappa shape index (κ1) is 17.2. The second-order valence-corrected chi connectivity index (χ2v) is 5.22. The molecule has 0 saturated heterocycles. The van der Waals surface area contributed by atoms with Crippen molar-refractivity contribution in [3.8, 4) is 0 Å². The minimum absolute atomic E-state index is 0.186. The first-order chi connectivity index (χ1) is 12.7. The third-order valence-corrected chi connectivity index (χ3v) is 3.43. The molecule has 1 amide bonds. The van der Waals surface area contributed by atoms with Gasteiger partial charge in [-0.3, -0.25) is 4.79 Å². The fraction of sp³-hybridized carbons (Fsp3) is 0.111. The molecule has 2 heterocycles. The highest BCUT2D eigenvalue weighted by Gasteiger charge is 2.11. The van der Waals surface area contributed by atoms with Gasteiger partial charge in [-0.1, -0.05) is 6.07 Å². The molecule has 0 unspecified atom stereocenters. The normalized spacial score (nSPS) is 10.2. The fourth-order valence-corrected chi connectivity index (χ4v) is 2.19. The number of amides is 1. The van der Waals surface area contributed by atoms with Gasteiger partial charge in [-0.05, 0) is 36.4 Å². The average Bonchev–Trinajstić information content (AvgIpc) is 3.20. The lowest BCUT2D eigenvalue weighted by Crippen LogP contribution is -2.15. The van der Waals surface area contributed by atoms with E-state index in [4.69, 9.17) is 4.42 Å². The average molecular weight is 352 g/mol. The molecular weight excluding hydrogens is 336 g/mol. The summed E-state index contributed by atoms with van der Waals surface area (Å²) >= 11 is 0. The Kier molecular flexibility index (Phi) is 5.23. The Morgan fingerprint density at radius 1 is 1.19 bits per heavy atom. The molecular formula is C18H16N4O4. The van der Waals surface area contributed by atoms with Gasteiger partial charge in [0.15, 0.2) is 0 Å². The predicted octanol–water partition coefficient (Wildman–Crippen LogP) is 2.72. The van der Waals surface area contributed by atoms with Gasteiger partial charge < -0.3 is 19.8 Å². The molecule has 0 aliphatic carbocycles. The molecule has 8 heteroatoms. The maximum atomic E-state index is 12.4. The number of carbonyl (C=O) groups excluding carboxylic acids is 2. The van der Waals surface area contributed by atoms with Crippen molar-refractivity contribution in [1.29, 1.82) is 0 Å². The van der Waals surface area contributed by atoms with Crippen molar-refractivity contribution in [3.05, 3.63) is 71.9 Å². The molecule has 0 atom stereocenters. The molecule has 0 aliphatic rings. The van der Waals surface area contributed by atoms with E-state index in [-0.39, 0.29) is 5.69 Å². The van der Waals surface area contributed by atoms with Gasteiger partial charge in [0.25, 0.3) is 5.91 Å². The monoisotopic (exact) mass is 352 g/mol. The van der Waals surface area contributed by atoms with Crippen LogP contribution in [0.25, 0.3) is 0 Å². The number of carbonyl (C=O) groups is 2. The van der Waals surface area contributed by atoms with Gasteiger partial charge in [0.05, 0.1) is 25.5 Å². The number of esters is 1. The van der Waals surface area contributed by atoms with E-state index in [0.29, 0.717) is 23.7 Å². The van der Waals surface area contributed by atoms with Crippen LogP contribution in [0.3, 0.4) is 0 Å². The smallest absolute Gasteiger partial charge is 0.337 e. The maximum Gasteiger partial charge on any atom is 0.337 e. The number of benzene rings is 1. The van der Waals surface area contributed by atoms with Gasteiger partial charge in [0.2, 0.25) is 5.95 Å². The summed E-state index contributed by atoms with van der Waals surface area (Å²) in [6.07, 6.45) is 3.06. The summed E-state index contributed by atoms with van der Waals surface area (Å²) in [4.78, 5) is 32.2. The Labute approximate surface area is 149 Å². The van der Waals surface area contributed by atoms with Gasteiger partial charge in [-0.2, -0.15) is 0 Å². The number of aromatic nitrogens is 2. The highest BCUT2D eigenvalue weighted by Crippen LogP contribution is 2.13. The van der Waals surface area contributed by atoms with Gasteiger partial charge in [-0.15, -0.1) is 0 Å². The van der Waals surface area contributed by atoms with E-state index in [1.54, 1.807) is 30.5 Å². The van der Waals surface area contributed by atoms with Gasteiger partial charge in [0, 0.05) is 11.9 Å². The topological polar surface area (TPSA) is 106 Å². The summed E-state index contributed by atoms with van der Waals surface area (Å²) in [5, 5.41) is 5.67. The number of nitrogens with zero attached hydrogens (tertiary/aromatic N) is 2. The van der Waals surface area contributed by atoms with Crippen LogP contribution < -0.4 is 10.6 Å². The molecule has 1 aromatic carbocycles. The lowest BCUT2D eigenvalue weighted by molar-refractivity contribution is 0.0600. The first-order valence-corrected chi connectivity index (χ1v) is 7.75. The first-order valence-electron chi connectivity index (χ1n) is 7.75. The lowest BCUT2D eigenvalue weighted by atomic mass is 10.2. The van der Waals surface area contributed by atoms with Crippen LogP contribution in [0.5, 0.6) is 0 Å². The molecule has 0 saturated carbocycles. The maximum absolute atomic E-state index is 12.4. The molecule has 2 aromatic heterocycles. The molecule has 2 N–H and O–H groups in total. The third-order valence-electron chi connectivity index (χ3n) is 3.43. The van der Waals surface area contributed by atoms with Crippen LogP contribution in [0.4, 0.5) is 11.6 Å². The van der Waals surface area contributed by atoms with E-state index in [2.05, 4.69) is 25.3 Å². The molecule has 0 radical (unpaired) electrons. The molecule has 0 fully saturated rings. The van der Waals surface area contributed by atoms with Crippen molar-refractivity contribution in [2.75, 3.05) is 17.7 Å². The summed E-state index contributed by atoms with van der Waals surface area (Å²) < 4.78 is 9.88. The van der Waals surface area contributed by atoms with Crippen LogP contribution in [0.2, 0.25) is 0 Å². The Balaban J connectivity index is 1.68. The van der Waals surface area contributed by atoms with Crippen molar-refractivity contribution in [3.63, 3.8) is 0 Å². The molecule has 8 nitrogen and oxygen atoms in total. The summed E-state index contributed by atoms with van der Waals surface area (Å²) in [6, 6.07) is 11.5. The number of anilines is 2. The minimum atomic E-state index is -0.479. The number of hydrogen-bond acceptors (Lipinski definition) is 7. The van der Waals surface area contributed by atoms with Crippen LogP contribution in [-0.2, 0) is 11.3 Å². The Morgan fingerprint density at radius 3 is 2.85 bits per heavy atom. The lowest BCUT2D eigenvalue weighted by Gasteiger charge is -2.08. The number of hydrogen-bond donors (Lipinski definition) is 2. The Morgan fingerprint density at radius 2 is 2.08 bits per heavy atom. The fourth-order valence-electron chi connectivity index (χ4n) is 2.19. The largest absolute Gasteiger partial charge is 0.467 e.